The summed E-state index contributed by atoms with van der Waals surface area (Å²) in [5.74, 6) is 0. The number of hydrogen-bond acceptors (Lipinski definition) is 4. The van der Waals surface area contributed by atoms with Crippen LogP contribution < -0.4 is 11.1 Å². The number of rotatable bonds is 7. The Labute approximate surface area is 109 Å². The van der Waals surface area contributed by atoms with Gasteiger partial charge in [0.05, 0.1) is 5.01 Å². The van der Waals surface area contributed by atoms with Crippen LogP contribution in [0.1, 0.15) is 38.6 Å². The first kappa shape index (κ1) is 14.6. The molecule has 0 fully saturated rings. The number of nitrogens with two attached hydrogens (primary N) is 1. The average Bonchev–Trinajstić information content (AvgIpc) is 2.67. The minimum Gasteiger partial charge on any atom is -0.328 e. The van der Waals surface area contributed by atoms with Crippen LogP contribution in [0.4, 0.5) is 0 Å². The molecule has 0 aromatic carbocycles. The molecule has 0 saturated carbocycles. The second kappa shape index (κ2) is 7.09. The third kappa shape index (κ3) is 7.47. The van der Waals surface area contributed by atoms with E-state index in [2.05, 4.69) is 31.1 Å². The van der Waals surface area contributed by atoms with Crippen LogP contribution in [-0.4, -0.2) is 24.1 Å². The van der Waals surface area contributed by atoms with Crippen molar-refractivity contribution >= 4 is 11.3 Å². The Morgan fingerprint density at radius 2 is 2.18 bits per heavy atom. The highest BCUT2D eigenvalue weighted by molar-refractivity contribution is 7.09. The van der Waals surface area contributed by atoms with Crippen LogP contribution >= 0.6 is 11.3 Å². The van der Waals surface area contributed by atoms with Crippen LogP contribution in [0.15, 0.2) is 11.6 Å². The number of nitrogens with zero attached hydrogens (tertiary/aromatic N) is 1. The quantitative estimate of drug-likeness (QED) is 0.736. The lowest BCUT2D eigenvalue weighted by molar-refractivity contribution is 0.329. The minimum absolute atomic E-state index is 0.308. The Hall–Kier alpha value is -0.450. The van der Waals surface area contributed by atoms with Crippen LogP contribution in [0.2, 0.25) is 0 Å². The van der Waals surface area contributed by atoms with Crippen LogP contribution in [0.5, 0.6) is 0 Å². The van der Waals surface area contributed by atoms with E-state index < -0.39 is 0 Å². The van der Waals surface area contributed by atoms with E-state index in [1.165, 1.54) is 5.01 Å². The van der Waals surface area contributed by atoms with Crippen molar-refractivity contribution in [2.45, 2.75) is 46.1 Å². The van der Waals surface area contributed by atoms with Crippen LogP contribution in [0.3, 0.4) is 0 Å². The Kier molecular flexibility index (Phi) is 6.09. The topological polar surface area (TPSA) is 50.9 Å². The molecule has 0 bridgehead atoms. The SMILES string of the molecule is CC(C)(C)CC(N)CCNCCc1nccs1. The maximum absolute atomic E-state index is 6.09. The number of aromatic nitrogens is 1. The Morgan fingerprint density at radius 3 is 2.76 bits per heavy atom. The van der Waals surface area contributed by atoms with Gasteiger partial charge >= 0.3 is 0 Å². The van der Waals surface area contributed by atoms with Crippen LogP contribution in [0, 0.1) is 5.41 Å². The van der Waals surface area contributed by atoms with E-state index in [9.17, 15) is 0 Å². The molecule has 1 unspecified atom stereocenters. The lowest BCUT2D eigenvalue weighted by Crippen LogP contribution is -2.31. The Balaban J connectivity index is 2.00. The van der Waals surface area contributed by atoms with Crippen LogP contribution in [0.25, 0.3) is 0 Å². The molecule has 17 heavy (non-hydrogen) atoms. The van der Waals surface area contributed by atoms with Gasteiger partial charge in [0.15, 0.2) is 0 Å². The number of nitrogens with one attached hydrogen (secondary N) is 1. The molecule has 98 valence electrons. The van der Waals surface area contributed by atoms with Gasteiger partial charge in [-0.1, -0.05) is 20.8 Å². The summed E-state index contributed by atoms with van der Waals surface area (Å²) in [6.07, 6.45) is 5.02. The first-order valence-corrected chi connectivity index (χ1v) is 7.20. The number of hydrogen-bond donors (Lipinski definition) is 2. The lowest BCUT2D eigenvalue weighted by Gasteiger charge is -2.23. The molecule has 1 aromatic rings. The van der Waals surface area contributed by atoms with E-state index >= 15 is 0 Å². The van der Waals surface area contributed by atoms with E-state index in [4.69, 9.17) is 5.73 Å². The molecule has 3 N–H and O–H groups in total. The molecule has 1 heterocycles. The summed E-state index contributed by atoms with van der Waals surface area (Å²) in [5, 5.41) is 6.65. The second-order valence-corrected chi connectivity index (χ2v) is 6.72. The molecule has 0 spiro atoms. The molecule has 1 rings (SSSR count). The fourth-order valence-electron chi connectivity index (χ4n) is 1.87. The largest absolute Gasteiger partial charge is 0.328 e. The average molecular weight is 255 g/mol. The van der Waals surface area contributed by atoms with Crippen molar-refractivity contribution in [3.63, 3.8) is 0 Å². The molecular formula is C13H25N3S. The first-order chi connectivity index (χ1) is 7.97. The third-order valence-electron chi connectivity index (χ3n) is 2.57. The maximum Gasteiger partial charge on any atom is 0.0937 e. The van der Waals surface area contributed by atoms with Gasteiger partial charge < -0.3 is 11.1 Å². The smallest absolute Gasteiger partial charge is 0.0937 e. The summed E-state index contributed by atoms with van der Waals surface area (Å²) >= 11 is 1.72. The van der Waals surface area contributed by atoms with Crippen molar-refractivity contribution < 1.29 is 0 Å². The van der Waals surface area contributed by atoms with Gasteiger partial charge in [-0.3, -0.25) is 0 Å². The molecule has 0 saturated heterocycles. The molecule has 0 aliphatic rings. The van der Waals surface area contributed by atoms with Gasteiger partial charge in [-0.25, -0.2) is 4.98 Å². The maximum atomic E-state index is 6.09. The minimum atomic E-state index is 0.308. The zero-order chi connectivity index (χ0) is 12.7. The molecule has 3 nitrogen and oxygen atoms in total. The molecule has 1 aromatic heterocycles. The van der Waals surface area contributed by atoms with Gasteiger partial charge in [0.1, 0.15) is 0 Å². The monoisotopic (exact) mass is 255 g/mol. The summed E-state index contributed by atoms with van der Waals surface area (Å²) in [5.41, 5.74) is 6.42. The molecule has 0 aliphatic heterocycles. The summed E-state index contributed by atoms with van der Waals surface area (Å²) in [6.45, 7) is 8.71. The summed E-state index contributed by atoms with van der Waals surface area (Å²) in [6, 6.07) is 0.308. The highest BCUT2D eigenvalue weighted by Crippen LogP contribution is 2.20. The van der Waals surface area contributed by atoms with E-state index in [-0.39, 0.29) is 0 Å². The van der Waals surface area contributed by atoms with Gasteiger partial charge in [0, 0.05) is 30.6 Å². The first-order valence-electron chi connectivity index (χ1n) is 6.32. The van der Waals surface area contributed by atoms with Crippen molar-refractivity contribution in [2.24, 2.45) is 11.1 Å². The van der Waals surface area contributed by atoms with Crippen molar-refractivity contribution in [1.29, 1.82) is 0 Å². The zero-order valence-electron chi connectivity index (χ0n) is 11.2. The van der Waals surface area contributed by atoms with Gasteiger partial charge in [-0.2, -0.15) is 0 Å². The molecule has 0 aliphatic carbocycles. The standard InChI is InChI=1S/C13H25N3S/c1-13(2,3)10-11(14)4-6-15-7-5-12-16-8-9-17-12/h8-9,11,15H,4-7,10,14H2,1-3H3. The third-order valence-corrected chi connectivity index (χ3v) is 3.40. The van der Waals surface area contributed by atoms with Crippen molar-refractivity contribution in [1.82, 2.24) is 10.3 Å². The Bertz CT molecular complexity index is 290. The van der Waals surface area contributed by atoms with Gasteiger partial charge in [-0.05, 0) is 24.8 Å². The predicted molar refractivity (Wildman–Crippen MR) is 75.4 cm³/mol. The molecule has 0 amide bonds. The lowest BCUT2D eigenvalue weighted by atomic mass is 9.87. The van der Waals surface area contributed by atoms with Crippen LogP contribution in [-0.2, 0) is 6.42 Å². The fraction of sp³-hybridized carbons (Fsp3) is 0.769. The summed E-state index contributed by atoms with van der Waals surface area (Å²) < 4.78 is 0. The fourth-order valence-corrected chi connectivity index (χ4v) is 2.49. The zero-order valence-corrected chi connectivity index (χ0v) is 12.0. The summed E-state index contributed by atoms with van der Waals surface area (Å²) in [7, 11) is 0. The van der Waals surface area contributed by atoms with E-state index in [1.54, 1.807) is 11.3 Å². The van der Waals surface area contributed by atoms with Crippen molar-refractivity contribution in [2.75, 3.05) is 13.1 Å². The number of thiazole rings is 1. The normalized spacial score (nSPS) is 13.9. The van der Waals surface area contributed by atoms with Crippen molar-refractivity contribution in [3.05, 3.63) is 16.6 Å². The van der Waals surface area contributed by atoms with Crippen molar-refractivity contribution in [3.8, 4) is 0 Å². The Morgan fingerprint density at radius 1 is 1.41 bits per heavy atom. The van der Waals surface area contributed by atoms with E-state index in [0.29, 0.717) is 11.5 Å². The van der Waals surface area contributed by atoms with Gasteiger partial charge in [-0.15, -0.1) is 11.3 Å². The summed E-state index contributed by atoms with van der Waals surface area (Å²) in [4.78, 5) is 4.25. The predicted octanol–water partition coefficient (Wildman–Crippen LogP) is 2.43. The molecular weight excluding hydrogens is 230 g/mol. The van der Waals surface area contributed by atoms with E-state index in [0.717, 1.165) is 32.4 Å². The molecule has 1 atom stereocenters. The molecule has 4 heteroatoms. The van der Waals surface area contributed by atoms with Gasteiger partial charge in [0.25, 0.3) is 0 Å². The molecule has 0 radical (unpaired) electrons. The highest BCUT2D eigenvalue weighted by atomic mass is 32.1. The second-order valence-electron chi connectivity index (χ2n) is 5.74. The highest BCUT2D eigenvalue weighted by Gasteiger charge is 2.14. The van der Waals surface area contributed by atoms with E-state index in [1.807, 2.05) is 11.6 Å². The van der Waals surface area contributed by atoms with Gasteiger partial charge in [0.2, 0.25) is 0 Å².